The fraction of sp³-hybridized carbons (Fsp3) is 0.474. The first-order valence-electron chi connectivity index (χ1n) is 8.85. The molecule has 7 nitrogen and oxygen atoms in total. The SMILES string of the molecule is CCCn1cnc(C(O)C2OCCN(Cc3ccc(OC)cc3)C2=O)c1. The molecule has 1 aliphatic heterocycles. The van der Waals surface area contributed by atoms with Gasteiger partial charge in [0.25, 0.3) is 5.91 Å². The molecule has 26 heavy (non-hydrogen) atoms. The van der Waals surface area contributed by atoms with Crippen molar-refractivity contribution in [2.24, 2.45) is 0 Å². The summed E-state index contributed by atoms with van der Waals surface area (Å²) >= 11 is 0. The Bertz CT molecular complexity index is 729. The van der Waals surface area contributed by atoms with E-state index in [1.54, 1.807) is 24.5 Å². The van der Waals surface area contributed by atoms with Crippen LogP contribution in [-0.2, 0) is 22.6 Å². The van der Waals surface area contributed by atoms with Gasteiger partial charge in [0.2, 0.25) is 0 Å². The van der Waals surface area contributed by atoms with Gasteiger partial charge in [0, 0.05) is 25.8 Å². The number of rotatable bonds is 7. The van der Waals surface area contributed by atoms with Crippen molar-refractivity contribution >= 4 is 5.91 Å². The minimum absolute atomic E-state index is 0.218. The van der Waals surface area contributed by atoms with E-state index in [2.05, 4.69) is 11.9 Å². The molecule has 1 N–H and O–H groups in total. The summed E-state index contributed by atoms with van der Waals surface area (Å²) < 4.78 is 12.6. The quantitative estimate of drug-likeness (QED) is 0.815. The maximum absolute atomic E-state index is 12.8. The summed E-state index contributed by atoms with van der Waals surface area (Å²) in [5.41, 5.74) is 1.46. The number of morpholine rings is 1. The Morgan fingerprint density at radius 3 is 2.85 bits per heavy atom. The van der Waals surface area contributed by atoms with Crippen LogP contribution in [0.4, 0.5) is 0 Å². The molecule has 0 bridgehead atoms. The van der Waals surface area contributed by atoms with Crippen molar-refractivity contribution in [2.75, 3.05) is 20.3 Å². The summed E-state index contributed by atoms with van der Waals surface area (Å²) in [5, 5.41) is 10.6. The Hall–Kier alpha value is -2.38. The van der Waals surface area contributed by atoms with Gasteiger partial charge in [-0.25, -0.2) is 4.98 Å². The van der Waals surface area contributed by atoms with Gasteiger partial charge in [0.05, 0.1) is 25.7 Å². The topological polar surface area (TPSA) is 76.8 Å². The van der Waals surface area contributed by atoms with Gasteiger partial charge in [-0.05, 0) is 24.1 Å². The maximum Gasteiger partial charge on any atom is 0.255 e. The molecule has 1 fully saturated rings. The Labute approximate surface area is 153 Å². The van der Waals surface area contributed by atoms with E-state index in [0.29, 0.717) is 25.4 Å². The van der Waals surface area contributed by atoms with Gasteiger partial charge in [-0.1, -0.05) is 19.1 Å². The van der Waals surface area contributed by atoms with Crippen molar-refractivity contribution in [1.29, 1.82) is 0 Å². The van der Waals surface area contributed by atoms with E-state index >= 15 is 0 Å². The molecule has 2 atom stereocenters. The fourth-order valence-electron chi connectivity index (χ4n) is 3.05. The number of methoxy groups -OCH3 is 1. The van der Waals surface area contributed by atoms with Gasteiger partial charge in [0.1, 0.15) is 11.9 Å². The largest absolute Gasteiger partial charge is 0.497 e. The van der Waals surface area contributed by atoms with Gasteiger partial charge >= 0.3 is 0 Å². The van der Waals surface area contributed by atoms with Crippen molar-refractivity contribution in [3.63, 3.8) is 0 Å². The number of hydrogen-bond donors (Lipinski definition) is 1. The lowest BCUT2D eigenvalue weighted by atomic mass is 10.1. The van der Waals surface area contributed by atoms with Crippen molar-refractivity contribution in [1.82, 2.24) is 14.5 Å². The second-order valence-electron chi connectivity index (χ2n) is 6.38. The van der Waals surface area contributed by atoms with E-state index in [9.17, 15) is 9.90 Å². The van der Waals surface area contributed by atoms with Crippen LogP contribution in [-0.4, -0.2) is 51.8 Å². The third kappa shape index (κ3) is 4.05. The number of carbonyl (C=O) groups excluding carboxylic acids is 1. The molecule has 0 saturated carbocycles. The van der Waals surface area contributed by atoms with Crippen LogP contribution < -0.4 is 4.74 Å². The number of imidazole rings is 1. The Morgan fingerprint density at radius 2 is 2.15 bits per heavy atom. The van der Waals surface area contributed by atoms with Gasteiger partial charge in [-0.15, -0.1) is 0 Å². The molecule has 1 aromatic carbocycles. The molecule has 0 aliphatic carbocycles. The average molecular weight is 359 g/mol. The fourth-order valence-corrected chi connectivity index (χ4v) is 3.05. The van der Waals surface area contributed by atoms with Gasteiger partial charge in [0.15, 0.2) is 6.10 Å². The summed E-state index contributed by atoms with van der Waals surface area (Å²) in [5.74, 6) is 0.558. The molecule has 2 unspecified atom stereocenters. The molecule has 2 aromatic rings. The summed E-state index contributed by atoms with van der Waals surface area (Å²) in [4.78, 5) is 18.7. The molecule has 3 rings (SSSR count). The second-order valence-corrected chi connectivity index (χ2v) is 6.38. The number of aliphatic hydroxyl groups excluding tert-OH is 1. The summed E-state index contributed by atoms with van der Waals surface area (Å²) in [7, 11) is 1.62. The molecular weight excluding hydrogens is 334 g/mol. The van der Waals surface area contributed by atoms with Gasteiger partial charge in [-0.3, -0.25) is 4.79 Å². The molecule has 2 heterocycles. The molecular formula is C19H25N3O4. The van der Waals surface area contributed by atoms with Crippen LogP contribution >= 0.6 is 0 Å². The average Bonchev–Trinajstić information content (AvgIpc) is 3.12. The van der Waals surface area contributed by atoms with Crippen molar-refractivity contribution in [2.45, 2.75) is 38.6 Å². The Balaban J connectivity index is 1.67. The number of aryl methyl sites for hydroxylation is 1. The lowest BCUT2D eigenvalue weighted by molar-refractivity contribution is -0.164. The number of hydrogen-bond acceptors (Lipinski definition) is 5. The molecule has 7 heteroatoms. The van der Waals surface area contributed by atoms with Crippen LogP contribution in [0.15, 0.2) is 36.8 Å². The first-order valence-corrected chi connectivity index (χ1v) is 8.85. The second kappa shape index (κ2) is 8.33. The normalized spacial score (nSPS) is 18.8. The first-order chi connectivity index (χ1) is 12.6. The molecule has 1 aromatic heterocycles. The zero-order valence-electron chi connectivity index (χ0n) is 15.2. The predicted molar refractivity (Wildman–Crippen MR) is 95.6 cm³/mol. The van der Waals surface area contributed by atoms with Crippen LogP contribution in [0.2, 0.25) is 0 Å². The van der Waals surface area contributed by atoms with Crippen molar-refractivity contribution in [3.8, 4) is 5.75 Å². The zero-order valence-corrected chi connectivity index (χ0v) is 15.2. The molecule has 0 spiro atoms. The highest BCUT2D eigenvalue weighted by Crippen LogP contribution is 2.23. The highest BCUT2D eigenvalue weighted by Gasteiger charge is 2.36. The molecule has 1 amide bonds. The third-order valence-corrected chi connectivity index (χ3v) is 4.47. The number of benzene rings is 1. The maximum atomic E-state index is 12.8. The summed E-state index contributed by atoms with van der Waals surface area (Å²) in [6.45, 7) is 4.25. The Kier molecular flexibility index (Phi) is 5.90. The van der Waals surface area contributed by atoms with Gasteiger partial charge < -0.3 is 24.0 Å². The van der Waals surface area contributed by atoms with Crippen LogP contribution in [0.25, 0.3) is 0 Å². The summed E-state index contributed by atoms with van der Waals surface area (Å²) in [6.07, 6.45) is 2.42. The standard InChI is InChI=1S/C19H25N3O4/c1-3-8-21-12-16(20-13-21)17(23)18-19(24)22(9-10-26-18)11-14-4-6-15(25-2)7-5-14/h4-7,12-13,17-18,23H,3,8-11H2,1-2H3. The highest BCUT2D eigenvalue weighted by molar-refractivity contribution is 5.82. The minimum atomic E-state index is -1.07. The van der Waals surface area contributed by atoms with E-state index in [1.165, 1.54) is 0 Å². The van der Waals surface area contributed by atoms with Gasteiger partial charge in [-0.2, -0.15) is 0 Å². The predicted octanol–water partition coefficient (Wildman–Crippen LogP) is 1.76. The molecule has 0 radical (unpaired) electrons. The van der Waals surface area contributed by atoms with Crippen LogP contribution in [0.3, 0.4) is 0 Å². The van der Waals surface area contributed by atoms with E-state index in [4.69, 9.17) is 9.47 Å². The number of carbonyl (C=O) groups is 1. The smallest absolute Gasteiger partial charge is 0.255 e. The summed E-state index contributed by atoms with van der Waals surface area (Å²) in [6, 6.07) is 7.60. The van der Waals surface area contributed by atoms with Crippen LogP contribution in [0.5, 0.6) is 5.75 Å². The molecule has 1 saturated heterocycles. The van der Waals surface area contributed by atoms with Crippen LogP contribution in [0.1, 0.15) is 30.7 Å². The van der Waals surface area contributed by atoms with E-state index < -0.39 is 12.2 Å². The highest BCUT2D eigenvalue weighted by atomic mass is 16.5. The monoisotopic (exact) mass is 359 g/mol. The number of amides is 1. The molecule has 1 aliphatic rings. The number of aromatic nitrogens is 2. The van der Waals surface area contributed by atoms with E-state index in [0.717, 1.165) is 24.3 Å². The lowest BCUT2D eigenvalue weighted by Gasteiger charge is -2.34. The van der Waals surface area contributed by atoms with Crippen molar-refractivity contribution in [3.05, 3.63) is 48.0 Å². The Morgan fingerprint density at radius 1 is 1.38 bits per heavy atom. The zero-order chi connectivity index (χ0) is 18.5. The molecule has 140 valence electrons. The van der Waals surface area contributed by atoms with E-state index in [-0.39, 0.29) is 5.91 Å². The number of nitrogens with zero attached hydrogens (tertiary/aromatic N) is 3. The third-order valence-electron chi connectivity index (χ3n) is 4.47. The minimum Gasteiger partial charge on any atom is -0.497 e. The van der Waals surface area contributed by atoms with Crippen LogP contribution in [0, 0.1) is 0 Å². The lowest BCUT2D eigenvalue weighted by Crippen LogP contribution is -2.49. The first kappa shape index (κ1) is 18.4. The van der Waals surface area contributed by atoms with Crippen molar-refractivity contribution < 1.29 is 19.4 Å². The van der Waals surface area contributed by atoms with E-state index in [1.807, 2.05) is 28.8 Å². The number of ether oxygens (including phenoxy) is 2. The number of aliphatic hydroxyl groups is 1.